The summed E-state index contributed by atoms with van der Waals surface area (Å²) in [6, 6.07) is 13.9. The molecule has 170 valence electrons. The summed E-state index contributed by atoms with van der Waals surface area (Å²) in [5.74, 6) is -1.69. The highest BCUT2D eigenvalue weighted by Crippen LogP contribution is 2.35. The zero-order valence-electron chi connectivity index (χ0n) is 17.7. The number of halogens is 2. The van der Waals surface area contributed by atoms with Crippen molar-refractivity contribution in [2.45, 2.75) is 25.0 Å². The Morgan fingerprint density at radius 1 is 1.06 bits per heavy atom. The molecule has 0 atom stereocenters. The molecule has 1 amide bonds. The number of fused-ring (bicyclic) bond motifs is 1. The van der Waals surface area contributed by atoms with Crippen LogP contribution in [0.5, 0.6) is 0 Å². The highest BCUT2D eigenvalue weighted by molar-refractivity contribution is 6.04. The van der Waals surface area contributed by atoms with Crippen LogP contribution in [0.2, 0.25) is 0 Å². The number of rotatable bonds is 5. The summed E-state index contributed by atoms with van der Waals surface area (Å²) in [7, 11) is 0. The number of anilines is 1. The van der Waals surface area contributed by atoms with Gasteiger partial charge in [0, 0.05) is 30.2 Å². The lowest BCUT2D eigenvalue weighted by Crippen LogP contribution is -2.42. The summed E-state index contributed by atoms with van der Waals surface area (Å²) < 4.78 is 37.5. The number of nitrogens with zero attached hydrogens (tertiary/aromatic N) is 1. The van der Waals surface area contributed by atoms with Crippen molar-refractivity contribution >= 4 is 22.6 Å². The summed E-state index contributed by atoms with van der Waals surface area (Å²) in [5, 5.41) is 14.4. The smallest absolute Gasteiger partial charge is 0.291 e. The Hall–Kier alpha value is -3.49. The Bertz CT molecular complexity index is 1290. The predicted molar refractivity (Wildman–Crippen MR) is 118 cm³/mol. The van der Waals surface area contributed by atoms with Crippen molar-refractivity contribution in [2.24, 2.45) is 0 Å². The van der Waals surface area contributed by atoms with E-state index in [1.54, 1.807) is 18.4 Å². The third kappa shape index (κ3) is 4.40. The number of piperidine rings is 1. The first-order valence-electron chi connectivity index (χ1n) is 10.7. The first kappa shape index (κ1) is 21.4. The van der Waals surface area contributed by atoms with Crippen molar-refractivity contribution in [2.75, 3.05) is 18.4 Å². The maximum Gasteiger partial charge on any atom is 0.291 e. The molecule has 4 aromatic rings. The van der Waals surface area contributed by atoms with Crippen LogP contribution in [-0.2, 0) is 12.1 Å². The van der Waals surface area contributed by atoms with Gasteiger partial charge in [-0.1, -0.05) is 6.07 Å². The van der Waals surface area contributed by atoms with Gasteiger partial charge in [0.2, 0.25) is 0 Å². The molecule has 1 aliphatic rings. The molecule has 1 saturated heterocycles. The second-order valence-electron chi connectivity index (χ2n) is 8.33. The van der Waals surface area contributed by atoms with Crippen molar-refractivity contribution in [1.29, 1.82) is 0 Å². The zero-order valence-corrected chi connectivity index (χ0v) is 17.7. The molecular weight excluding hydrogens is 430 g/mol. The van der Waals surface area contributed by atoms with Crippen LogP contribution in [-0.4, -0.2) is 29.0 Å². The standard InChI is InChI=1S/C25H22F2N2O4/c26-20-5-4-18(14-21(20)27)28-24(30)23-13-16-12-17(3-6-22(16)33-23)25(31)7-9-29(10-8-25)15-19-2-1-11-32-19/h1-6,11-14,31H,7-10,15H2,(H,28,30). The second-order valence-corrected chi connectivity index (χ2v) is 8.33. The molecule has 2 N–H and O–H groups in total. The van der Waals surface area contributed by atoms with Crippen molar-refractivity contribution in [3.05, 3.63) is 89.6 Å². The Labute approximate surface area is 188 Å². The van der Waals surface area contributed by atoms with E-state index in [9.17, 15) is 18.7 Å². The highest BCUT2D eigenvalue weighted by Gasteiger charge is 2.34. The molecule has 0 saturated carbocycles. The average Bonchev–Trinajstić information content (AvgIpc) is 3.47. The number of hydrogen-bond donors (Lipinski definition) is 2. The van der Waals surface area contributed by atoms with Gasteiger partial charge in [0.1, 0.15) is 11.3 Å². The van der Waals surface area contributed by atoms with Crippen LogP contribution in [0.15, 0.2) is 69.7 Å². The minimum atomic E-state index is -1.05. The first-order valence-corrected chi connectivity index (χ1v) is 10.7. The van der Waals surface area contributed by atoms with Gasteiger partial charge >= 0.3 is 0 Å². The van der Waals surface area contributed by atoms with Gasteiger partial charge in [-0.15, -0.1) is 0 Å². The van der Waals surface area contributed by atoms with E-state index >= 15 is 0 Å². The van der Waals surface area contributed by atoms with Crippen molar-refractivity contribution < 1.29 is 27.5 Å². The second kappa shape index (κ2) is 8.46. The molecule has 6 nitrogen and oxygen atoms in total. The number of amides is 1. The lowest BCUT2D eigenvalue weighted by Gasteiger charge is -2.38. The molecule has 0 unspecified atom stereocenters. The van der Waals surface area contributed by atoms with Crippen LogP contribution in [0.3, 0.4) is 0 Å². The Morgan fingerprint density at radius 2 is 1.88 bits per heavy atom. The minimum Gasteiger partial charge on any atom is -0.468 e. The zero-order chi connectivity index (χ0) is 23.0. The fourth-order valence-electron chi connectivity index (χ4n) is 4.20. The third-order valence-electron chi connectivity index (χ3n) is 6.10. The van der Waals surface area contributed by atoms with Gasteiger partial charge in [-0.25, -0.2) is 8.78 Å². The quantitative estimate of drug-likeness (QED) is 0.444. The Morgan fingerprint density at radius 3 is 2.61 bits per heavy atom. The van der Waals surface area contributed by atoms with E-state index < -0.39 is 23.1 Å². The largest absolute Gasteiger partial charge is 0.468 e. The molecule has 0 bridgehead atoms. The Kier molecular flexibility index (Phi) is 5.47. The predicted octanol–water partition coefficient (Wildman–Crippen LogP) is 5.04. The number of benzene rings is 2. The minimum absolute atomic E-state index is 0.0344. The molecule has 2 aromatic heterocycles. The number of likely N-dealkylation sites (tertiary alicyclic amines) is 1. The van der Waals surface area contributed by atoms with Gasteiger partial charge in [-0.05, 0) is 60.9 Å². The third-order valence-corrected chi connectivity index (χ3v) is 6.10. The summed E-state index contributed by atoms with van der Waals surface area (Å²) in [6.45, 7) is 2.16. The van der Waals surface area contributed by atoms with E-state index in [2.05, 4.69) is 10.2 Å². The number of carbonyl (C=O) groups excluding carboxylic acids is 1. The summed E-state index contributed by atoms with van der Waals surface area (Å²) >= 11 is 0. The topological polar surface area (TPSA) is 78.9 Å². The molecule has 1 fully saturated rings. The van der Waals surface area contributed by atoms with Crippen LogP contribution in [0.1, 0.15) is 34.7 Å². The molecule has 1 aliphatic heterocycles. The fourth-order valence-corrected chi connectivity index (χ4v) is 4.20. The molecule has 2 aromatic carbocycles. The van der Waals surface area contributed by atoms with Gasteiger partial charge in [0.25, 0.3) is 5.91 Å². The van der Waals surface area contributed by atoms with E-state index in [0.29, 0.717) is 30.4 Å². The first-order chi connectivity index (χ1) is 15.9. The van der Waals surface area contributed by atoms with Crippen LogP contribution < -0.4 is 5.32 Å². The molecule has 3 heterocycles. The lowest BCUT2D eigenvalue weighted by molar-refractivity contribution is -0.0288. The average molecular weight is 452 g/mol. The van der Waals surface area contributed by atoms with Gasteiger partial charge < -0.3 is 19.3 Å². The number of hydrogen-bond acceptors (Lipinski definition) is 5. The van der Waals surface area contributed by atoms with E-state index in [1.807, 2.05) is 24.3 Å². The van der Waals surface area contributed by atoms with Crippen LogP contribution in [0.25, 0.3) is 11.0 Å². The van der Waals surface area contributed by atoms with Crippen LogP contribution in [0, 0.1) is 11.6 Å². The van der Waals surface area contributed by atoms with Gasteiger partial charge in [-0.2, -0.15) is 0 Å². The monoisotopic (exact) mass is 452 g/mol. The van der Waals surface area contributed by atoms with E-state index in [4.69, 9.17) is 8.83 Å². The molecule has 33 heavy (non-hydrogen) atoms. The molecule has 5 rings (SSSR count). The van der Waals surface area contributed by atoms with Crippen molar-refractivity contribution in [3.8, 4) is 0 Å². The highest BCUT2D eigenvalue weighted by atomic mass is 19.2. The van der Waals surface area contributed by atoms with E-state index in [1.165, 1.54) is 6.07 Å². The molecule has 0 aliphatic carbocycles. The number of nitrogens with one attached hydrogen (secondary N) is 1. The molecule has 8 heteroatoms. The number of furan rings is 2. The van der Waals surface area contributed by atoms with E-state index in [-0.39, 0.29) is 11.4 Å². The van der Waals surface area contributed by atoms with E-state index in [0.717, 1.165) is 36.5 Å². The van der Waals surface area contributed by atoms with Crippen molar-refractivity contribution in [3.63, 3.8) is 0 Å². The lowest BCUT2D eigenvalue weighted by atomic mass is 9.84. The maximum absolute atomic E-state index is 13.4. The molecule has 0 radical (unpaired) electrons. The van der Waals surface area contributed by atoms with Gasteiger partial charge in [-0.3, -0.25) is 9.69 Å². The SMILES string of the molecule is O=C(Nc1ccc(F)c(F)c1)c1cc2cc(C3(O)CCN(Cc4ccco4)CC3)ccc2o1. The maximum atomic E-state index is 13.4. The van der Waals surface area contributed by atoms with Crippen LogP contribution in [0.4, 0.5) is 14.5 Å². The fraction of sp³-hybridized carbons (Fsp3) is 0.240. The van der Waals surface area contributed by atoms with Gasteiger partial charge in [0.15, 0.2) is 17.4 Å². The Balaban J connectivity index is 1.29. The summed E-state index contributed by atoms with van der Waals surface area (Å²) in [4.78, 5) is 14.8. The summed E-state index contributed by atoms with van der Waals surface area (Å²) in [6.07, 6.45) is 2.79. The summed E-state index contributed by atoms with van der Waals surface area (Å²) in [5.41, 5.74) is 0.406. The number of carbonyl (C=O) groups is 1. The van der Waals surface area contributed by atoms with Crippen molar-refractivity contribution in [1.82, 2.24) is 4.90 Å². The molecular formula is C25H22F2N2O4. The number of aliphatic hydroxyl groups is 1. The van der Waals surface area contributed by atoms with Crippen LogP contribution >= 0.6 is 0 Å². The molecule has 0 spiro atoms. The normalized spacial score (nSPS) is 16.2. The van der Waals surface area contributed by atoms with Gasteiger partial charge in [0.05, 0.1) is 18.4 Å².